The van der Waals surface area contributed by atoms with Gasteiger partial charge in [-0.3, -0.25) is 0 Å². The maximum Gasteiger partial charge on any atom is 0.426 e. The Morgan fingerprint density at radius 3 is 2.42 bits per heavy atom. The summed E-state index contributed by atoms with van der Waals surface area (Å²) in [5, 5.41) is 16.1. The molecule has 1 N–H and O–H groups in total. The summed E-state index contributed by atoms with van der Waals surface area (Å²) < 4.78 is 62.8. The number of morpholine rings is 1. The molecule has 0 spiro atoms. The Balaban J connectivity index is 1.56. The van der Waals surface area contributed by atoms with Crippen LogP contribution < -0.4 is 4.90 Å². The quantitative estimate of drug-likeness (QED) is 0.445. The van der Waals surface area contributed by atoms with Crippen molar-refractivity contribution in [3.63, 3.8) is 0 Å². The van der Waals surface area contributed by atoms with Gasteiger partial charge < -0.3 is 14.7 Å². The Morgan fingerprint density at radius 2 is 1.73 bits per heavy atom. The molecule has 6 nitrogen and oxygen atoms in total. The molecule has 11 heteroatoms. The van der Waals surface area contributed by atoms with Gasteiger partial charge in [0.25, 0.3) is 0 Å². The number of benzene rings is 2. The average Bonchev–Trinajstić information content (AvgIpc) is 3.46. The number of alkyl halides is 3. The van der Waals surface area contributed by atoms with Crippen molar-refractivity contribution in [3.8, 4) is 5.69 Å². The average molecular weight is 478 g/mol. The summed E-state index contributed by atoms with van der Waals surface area (Å²) in [7, 11) is 0. The van der Waals surface area contributed by atoms with Crippen molar-refractivity contribution in [1.82, 2.24) is 14.8 Å². The molecule has 1 saturated heterocycles. The summed E-state index contributed by atoms with van der Waals surface area (Å²) in [6.07, 6.45) is -2.50. The predicted octanol–water partition coefficient (Wildman–Crippen LogP) is 4.26. The summed E-state index contributed by atoms with van der Waals surface area (Å²) >= 11 is 0.810. The minimum atomic E-state index is -4.98. The van der Waals surface area contributed by atoms with E-state index in [9.17, 15) is 22.7 Å². The second-order valence-corrected chi connectivity index (χ2v) is 8.63. The van der Waals surface area contributed by atoms with Crippen molar-refractivity contribution in [2.75, 3.05) is 31.2 Å². The molecule has 1 aliphatic heterocycles. The number of nitrogens with zero attached hydrogens (tertiary/aromatic N) is 4. The van der Waals surface area contributed by atoms with E-state index < -0.39 is 17.6 Å². The second kappa shape index (κ2) is 8.08. The lowest BCUT2D eigenvalue weighted by Gasteiger charge is -2.30. The highest BCUT2D eigenvalue weighted by Crippen LogP contribution is 2.47. The molecule has 4 aromatic rings. The van der Waals surface area contributed by atoms with E-state index in [1.54, 1.807) is 0 Å². The zero-order chi connectivity index (χ0) is 23.2. The number of rotatable bonds is 4. The highest BCUT2D eigenvalue weighted by atomic mass is 32.1. The Labute approximate surface area is 189 Å². The smallest absolute Gasteiger partial charge is 0.378 e. The Morgan fingerprint density at radius 1 is 1.00 bits per heavy atom. The van der Waals surface area contributed by atoms with Crippen molar-refractivity contribution >= 4 is 27.4 Å². The zero-order valence-electron chi connectivity index (χ0n) is 17.1. The molecule has 2 aromatic heterocycles. The summed E-state index contributed by atoms with van der Waals surface area (Å²) in [5.41, 5.74) is -2.49. The van der Waals surface area contributed by atoms with Crippen LogP contribution in [0, 0.1) is 5.82 Å². The standard InChI is InChI=1S/C22H18F4N4O2S/c23-16-2-4-17(5-3-16)30-18-6-1-15(11-14(18)12-28-30)21(31,22(24,25)26)19-13-27-20(33-19)29-7-9-32-10-8-29/h1-6,11-13,31H,7-10H2. The van der Waals surface area contributed by atoms with E-state index in [0.717, 1.165) is 17.5 Å². The van der Waals surface area contributed by atoms with E-state index in [1.807, 2.05) is 4.90 Å². The van der Waals surface area contributed by atoms with Crippen LogP contribution >= 0.6 is 11.3 Å². The van der Waals surface area contributed by atoms with Crippen LogP contribution in [0.1, 0.15) is 10.4 Å². The van der Waals surface area contributed by atoms with Crippen LogP contribution in [0.5, 0.6) is 0 Å². The maximum absolute atomic E-state index is 14.3. The number of fused-ring (bicyclic) bond motifs is 1. The molecule has 2 aromatic carbocycles. The van der Waals surface area contributed by atoms with Crippen LogP contribution in [0.25, 0.3) is 16.6 Å². The summed E-state index contributed by atoms with van der Waals surface area (Å²) in [6.45, 7) is 1.97. The Bertz CT molecular complexity index is 1280. The Kier molecular flexibility index (Phi) is 5.34. The zero-order valence-corrected chi connectivity index (χ0v) is 17.9. The first kappa shape index (κ1) is 21.8. The third-order valence-electron chi connectivity index (χ3n) is 5.60. The Hall–Kier alpha value is -3.02. The van der Waals surface area contributed by atoms with Crippen molar-refractivity contribution in [2.45, 2.75) is 11.8 Å². The second-order valence-electron chi connectivity index (χ2n) is 7.62. The molecular formula is C22H18F4N4O2S. The van der Waals surface area contributed by atoms with E-state index in [1.165, 1.54) is 53.3 Å². The fourth-order valence-corrected chi connectivity index (χ4v) is 4.93. The van der Waals surface area contributed by atoms with Crippen molar-refractivity contribution in [1.29, 1.82) is 0 Å². The molecular weight excluding hydrogens is 460 g/mol. The lowest BCUT2D eigenvalue weighted by molar-refractivity contribution is -0.247. The molecule has 1 fully saturated rings. The van der Waals surface area contributed by atoms with Gasteiger partial charge in [-0.1, -0.05) is 17.4 Å². The number of hydrogen-bond donors (Lipinski definition) is 1. The molecule has 5 rings (SSSR count). The van der Waals surface area contributed by atoms with Gasteiger partial charge in [-0.25, -0.2) is 14.1 Å². The fourth-order valence-electron chi connectivity index (χ4n) is 3.82. The number of aromatic nitrogens is 3. The van der Waals surface area contributed by atoms with E-state index >= 15 is 0 Å². The third kappa shape index (κ3) is 3.75. The van der Waals surface area contributed by atoms with Crippen molar-refractivity contribution in [3.05, 3.63) is 71.1 Å². The fraction of sp³-hybridized carbons (Fsp3) is 0.273. The number of halogens is 4. The van der Waals surface area contributed by atoms with Gasteiger partial charge in [0.2, 0.25) is 5.60 Å². The molecule has 0 bridgehead atoms. The molecule has 1 aliphatic rings. The van der Waals surface area contributed by atoms with Gasteiger partial charge in [-0.2, -0.15) is 18.3 Å². The topological polar surface area (TPSA) is 63.4 Å². The molecule has 0 amide bonds. The SMILES string of the molecule is OC(c1ccc2c(cnn2-c2ccc(F)cc2)c1)(c1cnc(N2CCOCC2)s1)C(F)(F)F. The summed E-state index contributed by atoms with van der Waals surface area (Å²) in [6, 6.07) is 9.54. The van der Waals surface area contributed by atoms with Crippen LogP contribution in [-0.4, -0.2) is 52.4 Å². The van der Waals surface area contributed by atoms with Gasteiger partial charge in [-0.15, -0.1) is 0 Å². The first-order valence-electron chi connectivity index (χ1n) is 10.1. The van der Waals surface area contributed by atoms with Gasteiger partial charge in [0.1, 0.15) is 5.82 Å². The van der Waals surface area contributed by atoms with Gasteiger partial charge >= 0.3 is 6.18 Å². The largest absolute Gasteiger partial charge is 0.426 e. The third-order valence-corrected chi connectivity index (χ3v) is 6.77. The van der Waals surface area contributed by atoms with Gasteiger partial charge in [0, 0.05) is 24.7 Å². The molecule has 172 valence electrons. The molecule has 1 atom stereocenters. The van der Waals surface area contributed by atoms with E-state index in [0.29, 0.717) is 48.0 Å². The normalized spacial score (nSPS) is 16.8. The van der Waals surface area contributed by atoms with Crippen LogP contribution in [-0.2, 0) is 10.3 Å². The van der Waals surface area contributed by atoms with E-state index in [2.05, 4.69) is 10.1 Å². The lowest BCUT2D eigenvalue weighted by atomic mass is 9.91. The maximum atomic E-state index is 14.3. The van der Waals surface area contributed by atoms with Crippen LogP contribution in [0.2, 0.25) is 0 Å². The van der Waals surface area contributed by atoms with Crippen LogP contribution in [0.4, 0.5) is 22.7 Å². The molecule has 33 heavy (non-hydrogen) atoms. The highest BCUT2D eigenvalue weighted by Gasteiger charge is 2.57. The molecule has 0 saturated carbocycles. The van der Waals surface area contributed by atoms with E-state index in [4.69, 9.17) is 4.74 Å². The van der Waals surface area contributed by atoms with Crippen molar-refractivity contribution < 1.29 is 27.4 Å². The van der Waals surface area contributed by atoms with Gasteiger partial charge in [0.15, 0.2) is 5.13 Å². The first-order chi connectivity index (χ1) is 15.8. The van der Waals surface area contributed by atoms with Gasteiger partial charge in [-0.05, 0) is 42.0 Å². The highest BCUT2D eigenvalue weighted by molar-refractivity contribution is 7.15. The number of thiazole rings is 1. The number of ether oxygens (including phenoxy) is 1. The monoisotopic (exact) mass is 478 g/mol. The summed E-state index contributed by atoms with van der Waals surface area (Å²) in [4.78, 5) is 5.66. The number of anilines is 1. The molecule has 3 heterocycles. The predicted molar refractivity (Wildman–Crippen MR) is 115 cm³/mol. The van der Waals surface area contributed by atoms with E-state index in [-0.39, 0.29) is 10.4 Å². The van der Waals surface area contributed by atoms with Crippen LogP contribution in [0.15, 0.2) is 54.9 Å². The molecule has 0 radical (unpaired) electrons. The number of aliphatic hydroxyl groups is 1. The first-order valence-corrected chi connectivity index (χ1v) is 10.9. The lowest BCUT2D eigenvalue weighted by Crippen LogP contribution is -2.42. The molecule has 1 unspecified atom stereocenters. The van der Waals surface area contributed by atoms with Gasteiger partial charge in [0.05, 0.1) is 35.5 Å². The van der Waals surface area contributed by atoms with Crippen LogP contribution in [0.3, 0.4) is 0 Å². The molecule has 0 aliphatic carbocycles. The van der Waals surface area contributed by atoms with Crippen molar-refractivity contribution in [2.24, 2.45) is 0 Å². The minimum Gasteiger partial charge on any atom is -0.378 e. The minimum absolute atomic E-state index is 0.318. The summed E-state index contributed by atoms with van der Waals surface area (Å²) in [5.74, 6) is -0.409. The number of hydrogen-bond acceptors (Lipinski definition) is 6.